The highest BCUT2D eigenvalue weighted by Gasteiger charge is 2.47. The Balaban J connectivity index is 1.70. The van der Waals surface area contributed by atoms with E-state index in [1.165, 1.54) is 0 Å². The molecule has 2 aromatic rings. The number of methoxy groups -OCH3 is 1. The van der Waals surface area contributed by atoms with Gasteiger partial charge in [0.1, 0.15) is 17.3 Å². The van der Waals surface area contributed by atoms with E-state index < -0.39 is 5.72 Å². The second kappa shape index (κ2) is 6.50. The highest BCUT2D eigenvalue weighted by atomic mass is 16.5. The fourth-order valence-corrected chi connectivity index (χ4v) is 3.72. The van der Waals surface area contributed by atoms with E-state index in [2.05, 4.69) is 5.32 Å². The Kier molecular flexibility index (Phi) is 4.15. The Hall–Kier alpha value is -3.21. The van der Waals surface area contributed by atoms with Crippen LogP contribution in [0.25, 0.3) is 6.08 Å². The molecule has 0 saturated carbocycles. The van der Waals surface area contributed by atoms with Crippen molar-refractivity contribution in [3.05, 3.63) is 77.1 Å². The number of fused-ring (bicyclic) bond motifs is 4. The van der Waals surface area contributed by atoms with Crippen molar-refractivity contribution in [3.63, 3.8) is 0 Å². The number of hydrogen-bond acceptors (Lipinski definition) is 4. The minimum absolute atomic E-state index is 0.0351. The Labute approximate surface area is 157 Å². The number of amides is 1. The second-order valence-electron chi connectivity index (χ2n) is 6.99. The fraction of sp³-hybridized carbons (Fsp3) is 0.227. The highest BCUT2D eigenvalue weighted by Crippen LogP contribution is 2.47. The topological polar surface area (TPSA) is 67.8 Å². The number of aliphatic hydroxyl groups excluding tert-OH is 1. The molecule has 0 aliphatic carbocycles. The zero-order valence-electron chi connectivity index (χ0n) is 15.2. The molecule has 1 saturated heterocycles. The third kappa shape index (κ3) is 3.16. The lowest BCUT2D eigenvalue weighted by Gasteiger charge is -2.45. The first-order valence-electron chi connectivity index (χ1n) is 8.85. The van der Waals surface area contributed by atoms with Crippen molar-refractivity contribution >= 4 is 12.0 Å². The van der Waals surface area contributed by atoms with Gasteiger partial charge in [0.15, 0.2) is 5.72 Å². The van der Waals surface area contributed by atoms with Gasteiger partial charge in [-0.25, -0.2) is 0 Å². The molecule has 138 valence electrons. The zero-order valence-corrected chi connectivity index (χ0v) is 15.2. The number of piperidine rings is 1. The normalized spacial score (nSPS) is 25.4. The summed E-state index contributed by atoms with van der Waals surface area (Å²) < 4.78 is 11.1. The molecule has 2 unspecified atom stereocenters. The van der Waals surface area contributed by atoms with Gasteiger partial charge in [-0.05, 0) is 36.8 Å². The van der Waals surface area contributed by atoms with Crippen molar-refractivity contribution in [1.82, 2.24) is 5.32 Å². The van der Waals surface area contributed by atoms with Gasteiger partial charge in [-0.3, -0.25) is 4.79 Å². The van der Waals surface area contributed by atoms with Crippen LogP contribution < -0.4 is 14.8 Å². The van der Waals surface area contributed by atoms with Gasteiger partial charge < -0.3 is 19.9 Å². The monoisotopic (exact) mass is 363 g/mol. The molecule has 5 heteroatoms. The number of para-hydroxylation sites is 1. The summed E-state index contributed by atoms with van der Waals surface area (Å²) in [6.45, 7) is 1.86. The lowest BCUT2D eigenvalue weighted by atomic mass is 9.78. The Bertz CT molecular complexity index is 945. The number of benzene rings is 2. The largest absolute Gasteiger partial charge is 0.507 e. The van der Waals surface area contributed by atoms with E-state index in [0.717, 1.165) is 22.6 Å². The van der Waals surface area contributed by atoms with Gasteiger partial charge in [0, 0.05) is 17.9 Å². The van der Waals surface area contributed by atoms with Crippen LogP contribution in [0.15, 0.2) is 65.9 Å². The molecule has 2 N–H and O–H groups in total. The van der Waals surface area contributed by atoms with E-state index in [0.29, 0.717) is 12.0 Å². The average Bonchev–Trinajstić information content (AvgIpc) is 2.66. The van der Waals surface area contributed by atoms with Crippen LogP contribution in [0.3, 0.4) is 0 Å². The van der Waals surface area contributed by atoms with Crippen LogP contribution in [0.4, 0.5) is 0 Å². The van der Waals surface area contributed by atoms with Crippen LogP contribution in [0, 0.1) is 0 Å². The molecule has 0 aromatic heterocycles. The third-order valence-electron chi connectivity index (χ3n) is 5.02. The number of nitrogens with one attached hydrogen (secondary N) is 1. The van der Waals surface area contributed by atoms with Crippen molar-refractivity contribution in [2.75, 3.05) is 7.11 Å². The van der Waals surface area contributed by atoms with Gasteiger partial charge in [0.2, 0.25) is 0 Å². The molecule has 2 aliphatic heterocycles. The van der Waals surface area contributed by atoms with E-state index >= 15 is 0 Å². The molecule has 27 heavy (non-hydrogen) atoms. The minimum atomic E-state index is -0.764. The maximum Gasteiger partial charge on any atom is 0.254 e. The van der Waals surface area contributed by atoms with Crippen LogP contribution in [0.2, 0.25) is 0 Å². The number of aliphatic hydroxyl groups is 1. The van der Waals surface area contributed by atoms with E-state index in [1.54, 1.807) is 19.3 Å². The first kappa shape index (κ1) is 17.2. The summed E-state index contributed by atoms with van der Waals surface area (Å²) in [5, 5.41) is 13.6. The first-order valence-corrected chi connectivity index (χ1v) is 8.85. The Morgan fingerprint density at radius 2 is 2.00 bits per heavy atom. The van der Waals surface area contributed by atoms with E-state index in [9.17, 15) is 9.90 Å². The highest BCUT2D eigenvalue weighted by molar-refractivity contribution is 5.98. The smallest absolute Gasteiger partial charge is 0.254 e. The lowest BCUT2D eigenvalue weighted by Crippen LogP contribution is -2.58. The molecule has 0 spiro atoms. The molecule has 1 amide bonds. The van der Waals surface area contributed by atoms with Gasteiger partial charge in [0.05, 0.1) is 12.7 Å². The molecule has 2 bridgehead atoms. The molecular formula is C22H21NO4. The number of ether oxygens (including phenoxy) is 2. The van der Waals surface area contributed by atoms with Crippen molar-refractivity contribution < 1.29 is 19.4 Å². The summed E-state index contributed by atoms with van der Waals surface area (Å²) in [4.78, 5) is 12.7. The zero-order chi connectivity index (χ0) is 19.0. The summed E-state index contributed by atoms with van der Waals surface area (Å²) in [6.07, 6.45) is 3.91. The van der Waals surface area contributed by atoms with Gasteiger partial charge >= 0.3 is 0 Å². The summed E-state index contributed by atoms with van der Waals surface area (Å²) in [5.74, 6) is 0.946. The summed E-state index contributed by atoms with van der Waals surface area (Å²) in [6, 6.07) is 15.1. The number of hydrogen-bond donors (Lipinski definition) is 2. The van der Waals surface area contributed by atoms with Crippen molar-refractivity contribution in [1.29, 1.82) is 0 Å². The second-order valence-corrected chi connectivity index (χ2v) is 6.99. The summed E-state index contributed by atoms with van der Waals surface area (Å²) in [7, 11) is 1.61. The SMILES string of the molecule is COc1ccc(/C=C/C(O)=C2/C(=O)NC3(C)CC2c2ccccc2O3)cc1. The number of rotatable bonds is 3. The molecule has 2 heterocycles. The van der Waals surface area contributed by atoms with Crippen molar-refractivity contribution in [3.8, 4) is 11.5 Å². The number of carbonyl (C=O) groups is 1. The lowest BCUT2D eigenvalue weighted by molar-refractivity contribution is -0.127. The quantitative estimate of drug-likeness (QED) is 0.640. The maximum absolute atomic E-state index is 12.7. The summed E-state index contributed by atoms with van der Waals surface area (Å²) >= 11 is 0. The molecule has 1 fully saturated rings. The Morgan fingerprint density at radius 3 is 2.74 bits per heavy atom. The van der Waals surface area contributed by atoms with Crippen molar-refractivity contribution in [2.24, 2.45) is 0 Å². The molecule has 2 aliphatic rings. The third-order valence-corrected chi connectivity index (χ3v) is 5.02. The summed E-state index contributed by atoms with van der Waals surface area (Å²) in [5.41, 5.74) is 1.42. The van der Waals surface area contributed by atoms with Crippen LogP contribution in [-0.4, -0.2) is 23.8 Å². The van der Waals surface area contributed by atoms with E-state index in [1.807, 2.05) is 55.5 Å². The van der Waals surface area contributed by atoms with Gasteiger partial charge in [0.25, 0.3) is 5.91 Å². The maximum atomic E-state index is 12.7. The van der Waals surface area contributed by atoms with Crippen molar-refractivity contribution in [2.45, 2.75) is 25.0 Å². The predicted octanol–water partition coefficient (Wildman–Crippen LogP) is 3.93. The molecule has 2 atom stereocenters. The van der Waals surface area contributed by atoms with Crippen LogP contribution in [0.5, 0.6) is 11.5 Å². The van der Waals surface area contributed by atoms with Gasteiger partial charge in [-0.1, -0.05) is 36.4 Å². The van der Waals surface area contributed by atoms with E-state index in [4.69, 9.17) is 9.47 Å². The molecule has 0 radical (unpaired) electrons. The number of allylic oxidation sites excluding steroid dienone is 1. The molecule has 2 aromatic carbocycles. The van der Waals surface area contributed by atoms with Crippen LogP contribution in [-0.2, 0) is 4.79 Å². The first-order chi connectivity index (χ1) is 13.0. The number of carbonyl (C=O) groups excluding carboxylic acids is 1. The average molecular weight is 363 g/mol. The Morgan fingerprint density at radius 1 is 1.26 bits per heavy atom. The van der Waals surface area contributed by atoms with Crippen LogP contribution in [0.1, 0.15) is 30.4 Å². The molecular weight excluding hydrogens is 342 g/mol. The predicted molar refractivity (Wildman–Crippen MR) is 103 cm³/mol. The minimum Gasteiger partial charge on any atom is -0.507 e. The van der Waals surface area contributed by atoms with Crippen LogP contribution >= 0.6 is 0 Å². The van der Waals surface area contributed by atoms with E-state index in [-0.39, 0.29) is 17.6 Å². The van der Waals surface area contributed by atoms with Gasteiger partial charge in [-0.2, -0.15) is 0 Å². The standard InChI is InChI=1S/C22H21NO4/c1-22-13-17(16-5-3-4-6-19(16)27-22)20(21(25)23-22)18(24)12-9-14-7-10-15(26-2)11-8-14/h3-12,17,24H,13H2,1-2H3,(H,23,25)/b12-9+,20-18-. The fourth-order valence-electron chi connectivity index (χ4n) is 3.72. The molecule has 5 nitrogen and oxygen atoms in total. The van der Waals surface area contributed by atoms with Gasteiger partial charge in [-0.15, -0.1) is 0 Å². The molecule has 4 rings (SSSR count).